The van der Waals surface area contributed by atoms with Gasteiger partial charge in [-0.15, -0.1) is 0 Å². The standard InChI is InChI=1S/C17H14Cl2N2OS/c1-3-21-15-10(2)7-13(19)9-14(15)23-17(21)20-16(22)11-5-4-6-12(18)8-11/h4-9H,3H2,1-2H3. The Morgan fingerprint density at radius 1 is 1.22 bits per heavy atom. The Morgan fingerprint density at radius 2 is 2.00 bits per heavy atom. The molecular formula is C17H14Cl2N2OS. The number of hydrogen-bond donors (Lipinski definition) is 0. The molecule has 6 heteroatoms. The van der Waals surface area contributed by atoms with Crippen molar-refractivity contribution in [3.8, 4) is 0 Å². The minimum Gasteiger partial charge on any atom is -0.316 e. The maximum absolute atomic E-state index is 12.4. The van der Waals surface area contributed by atoms with Crippen molar-refractivity contribution in [2.75, 3.05) is 0 Å². The highest BCUT2D eigenvalue weighted by Gasteiger charge is 2.11. The van der Waals surface area contributed by atoms with Crippen LogP contribution in [0.15, 0.2) is 41.4 Å². The van der Waals surface area contributed by atoms with Crippen molar-refractivity contribution in [1.82, 2.24) is 4.57 Å². The maximum Gasteiger partial charge on any atom is 0.279 e. The molecule has 0 aliphatic heterocycles. The monoisotopic (exact) mass is 364 g/mol. The van der Waals surface area contributed by atoms with Crippen LogP contribution in [0.25, 0.3) is 10.2 Å². The molecule has 0 atom stereocenters. The van der Waals surface area contributed by atoms with E-state index in [0.717, 1.165) is 22.3 Å². The first kappa shape index (κ1) is 16.2. The number of fused-ring (bicyclic) bond motifs is 1. The first-order valence-electron chi connectivity index (χ1n) is 7.13. The summed E-state index contributed by atoms with van der Waals surface area (Å²) in [7, 11) is 0. The molecule has 0 unspecified atom stereocenters. The summed E-state index contributed by atoms with van der Waals surface area (Å²) in [5.41, 5.74) is 2.62. The second-order valence-electron chi connectivity index (χ2n) is 5.13. The zero-order chi connectivity index (χ0) is 16.6. The molecule has 0 bridgehead atoms. The molecule has 23 heavy (non-hydrogen) atoms. The highest BCUT2D eigenvalue weighted by Crippen LogP contribution is 2.25. The summed E-state index contributed by atoms with van der Waals surface area (Å²) < 4.78 is 3.06. The average Bonchev–Trinajstić information content (AvgIpc) is 2.84. The van der Waals surface area contributed by atoms with Gasteiger partial charge in [-0.25, -0.2) is 0 Å². The van der Waals surface area contributed by atoms with Crippen LogP contribution in [-0.2, 0) is 6.54 Å². The zero-order valence-corrected chi connectivity index (χ0v) is 15.0. The van der Waals surface area contributed by atoms with Crippen LogP contribution in [-0.4, -0.2) is 10.5 Å². The lowest BCUT2D eigenvalue weighted by molar-refractivity contribution is 0.0998. The predicted molar refractivity (Wildman–Crippen MR) is 96.6 cm³/mol. The van der Waals surface area contributed by atoms with Crippen molar-refractivity contribution in [2.24, 2.45) is 4.99 Å². The molecule has 3 rings (SSSR count). The molecule has 2 aromatic carbocycles. The third-order valence-corrected chi connectivity index (χ3v) is 5.00. The van der Waals surface area contributed by atoms with Gasteiger partial charge >= 0.3 is 0 Å². The van der Waals surface area contributed by atoms with Gasteiger partial charge in [-0.2, -0.15) is 4.99 Å². The van der Waals surface area contributed by atoms with Gasteiger partial charge in [0.1, 0.15) is 0 Å². The van der Waals surface area contributed by atoms with Gasteiger partial charge in [0.25, 0.3) is 5.91 Å². The fourth-order valence-corrected chi connectivity index (χ4v) is 4.26. The third kappa shape index (κ3) is 3.20. The van der Waals surface area contributed by atoms with E-state index in [-0.39, 0.29) is 5.91 Å². The molecule has 0 radical (unpaired) electrons. The lowest BCUT2D eigenvalue weighted by Crippen LogP contribution is -2.16. The number of halogens is 2. The van der Waals surface area contributed by atoms with Gasteiger partial charge in [-0.05, 0) is 49.7 Å². The topological polar surface area (TPSA) is 34.4 Å². The van der Waals surface area contributed by atoms with E-state index in [4.69, 9.17) is 23.2 Å². The fraction of sp³-hybridized carbons (Fsp3) is 0.176. The molecule has 0 saturated heterocycles. The summed E-state index contributed by atoms with van der Waals surface area (Å²) in [6.07, 6.45) is 0. The van der Waals surface area contributed by atoms with Crippen molar-refractivity contribution in [3.05, 3.63) is 62.4 Å². The average molecular weight is 365 g/mol. The Labute approximate surface area is 147 Å². The zero-order valence-electron chi connectivity index (χ0n) is 12.6. The lowest BCUT2D eigenvalue weighted by Gasteiger charge is -2.04. The van der Waals surface area contributed by atoms with Gasteiger partial charge in [0.05, 0.1) is 10.2 Å². The van der Waals surface area contributed by atoms with E-state index < -0.39 is 0 Å². The van der Waals surface area contributed by atoms with Crippen LogP contribution in [0.2, 0.25) is 10.0 Å². The Morgan fingerprint density at radius 3 is 2.70 bits per heavy atom. The molecule has 1 amide bonds. The number of benzene rings is 2. The summed E-state index contributed by atoms with van der Waals surface area (Å²) in [5.74, 6) is -0.301. The van der Waals surface area contributed by atoms with E-state index in [1.165, 1.54) is 11.3 Å². The Balaban J connectivity index is 2.19. The molecule has 1 heterocycles. The smallest absolute Gasteiger partial charge is 0.279 e. The molecule has 3 nitrogen and oxygen atoms in total. The number of amides is 1. The maximum atomic E-state index is 12.4. The normalized spacial score (nSPS) is 12.1. The second kappa shape index (κ2) is 6.48. The Hall–Kier alpha value is -1.62. The minimum absolute atomic E-state index is 0.301. The van der Waals surface area contributed by atoms with Crippen LogP contribution in [0.1, 0.15) is 22.8 Å². The van der Waals surface area contributed by atoms with Crippen LogP contribution in [0.5, 0.6) is 0 Å². The number of rotatable bonds is 2. The minimum atomic E-state index is -0.301. The second-order valence-corrected chi connectivity index (χ2v) is 7.01. The molecule has 0 fully saturated rings. The van der Waals surface area contributed by atoms with Crippen molar-refractivity contribution >= 4 is 50.7 Å². The number of aromatic nitrogens is 1. The third-order valence-electron chi connectivity index (χ3n) is 3.52. The summed E-state index contributed by atoms with van der Waals surface area (Å²) in [4.78, 5) is 17.4. The van der Waals surface area contributed by atoms with E-state index in [0.29, 0.717) is 20.4 Å². The van der Waals surface area contributed by atoms with Gasteiger partial charge in [-0.1, -0.05) is 40.6 Å². The summed E-state index contributed by atoms with van der Waals surface area (Å²) in [6, 6.07) is 10.6. The molecule has 3 aromatic rings. The number of carbonyl (C=O) groups excluding carboxylic acids is 1. The first-order valence-corrected chi connectivity index (χ1v) is 8.71. The largest absolute Gasteiger partial charge is 0.316 e. The van der Waals surface area contributed by atoms with E-state index in [1.54, 1.807) is 24.3 Å². The van der Waals surface area contributed by atoms with Gasteiger partial charge in [0, 0.05) is 22.2 Å². The van der Waals surface area contributed by atoms with Crippen molar-refractivity contribution in [1.29, 1.82) is 0 Å². The van der Waals surface area contributed by atoms with Crippen LogP contribution in [0.4, 0.5) is 0 Å². The molecule has 0 spiro atoms. The van der Waals surface area contributed by atoms with Crippen LogP contribution in [0, 0.1) is 6.92 Å². The number of nitrogens with zero attached hydrogens (tertiary/aromatic N) is 2. The van der Waals surface area contributed by atoms with Gasteiger partial charge < -0.3 is 4.57 Å². The molecule has 118 valence electrons. The van der Waals surface area contributed by atoms with Crippen molar-refractivity contribution < 1.29 is 4.79 Å². The highest BCUT2D eigenvalue weighted by atomic mass is 35.5. The van der Waals surface area contributed by atoms with Crippen molar-refractivity contribution in [2.45, 2.75) is 20.4 Å². The quantitative estimate of drug-likeness (QED) is 0.624. The molecular weight excluding hydrogens is 351 g/mol. The SMILES string of the molecule is CCn1c(=NC(=O)c2cccc(Cl)c2)sc2cc(Cl)cc(C)c21. The lowest BCUT2D eigenvalue weighted by atomic mass is 10.2. The van der Waals surface area contributed by atoms with E-state index in [1.807, 2.05) is 30.5 Å². The molecule has 0 N–H and O–H groups in total. The van der Waals surface area contributed by atoms with Crippen LogP contribution >= 0.6 is 34.5 Å². The Bertz CT molecular complexity index is 972. The van der Waals surface area contributed by atoms with E-state index in [2.05, 4.69) is 4.99 Å². The predicted octanol–water partition coefficient (Wildman–Crippen LogP) is 5.08. The molecule has 0 aliphatic rings. The first-order chi connectivity index (χ1) is 11.0. The van der Waals surface area contributed by atoms with Crippen LogP contribution < -0.4 is 4.80 Å². The highest BCUT2D eigenvalue weighted by molar-refractivity contribution is 7.16. The van der Waals surface area contributed by atoms with E-state index in [9.17, 15) is 4.79 Å². The van der Waals surface area contributed by atoms with Gasteiger partial charge in [-0.3, -0.25) is 4.79 Å². The number of thiazole rings is 1. The van der Waals surface area contributed by atoms with Gasteiger partial charge in [0.15, 0.2) is 4.80 Å². The number of hydrogen-bond acceptors (Lipinski definition) is 2. The van der Waals surface area contributed by atoms with Gasteiger partial charge in [0.2, 0.25) is 0 Å². The molecule has 1 aromatic heterocycles. The summed E-state index contributed by atoms with van der Waals surface area (Å²) >= 11 is 13.5. The van der Waals surface area contributed by atoms with E-state index >= 15 is 0 Å². The fourth-order valence-electron chi connectivity index (χ4n) is 2.53. The molecule has 0 saturated carbocycles. The van der Waals surface area contributed by atoms with Crippen LogP contribution in [0.3, 0.4) is 0 Å². The van der Waals surface area contributed by atoms with Crippen molar-refractivity contribution in [3.63, 3.8) is 0 Å². The molecule has 0 aliphatic carbocycles. The number of aryl methyl sites for hydroxylation is 2. The summed E-state index contributed by atoms with van der Waals surface area (Å²) in [6.45, 7) is 4.77. The number of carbonyl (C=O) groups is 1. The Kier molecular flexibility index (Phi) is 4.57. The summed E-state index contributed by atoms with van der Waals surface area (Å²) in [5, 5.41) is 1.21.